The third-order valence-corrected chi connectivity index (χ3v) is 6.00. The Morgan fingerprint density at radius 2 is 2.00 bits per heavy atom. The molecule has 29 heavy (non-hydrogen) atoms. The first-order valence-corrected chi connectivity index (χ1v) is 10.4. The average Bonchev–Trinajstić information content (AvgIpc) is 3.00. The van der Waals surface area contributed by atoms with Gasteiger partial charge in [0.2, 0.25) is 5.91 Å². The summed E-state index contributed by atoms with van der Waals surface area (Å²) >= 11 is 1.01. The molecule has 0 saturated carbocycles. The van der Waals surface area contributed by atoms with Crippen LogP contribution in [0.2, 0.25) is 0 Å². The number of carbonyl (C=O) groups is 2. The normalized spacial score (nSPS) is 18.8. The minimum atomic E-state index is -0.452. The number of pyridine rings is 1. The lowest BCUT2D eigenvalue weighted by Crippen LogP contribution is -2.33. The number of methoxy groups -OCH3 is 1. The SMILES string of the molecule is COc1ccc2cc(C=C3SC(=N)N(C(C)=O)C3=O)c(N3CCCCC3)nc2c1. The van der Waals surface area contributed by atoms with Gasteiger partial charge in [-0.3, -0.25) is 15.0 Å². The molecule has 0 atom stereocenters. The van der Waals surface area contributed by atoms with E-state index in [-0.39, 0.29) is 5.17 Å². The first kappa shape index (κ1) is 19.4. The number of thioether (sulfide) groups is 1. The number of aromatic nitrogens is 1. The molecule has 4 rings (SSSR count). The van der Waals surface area contributed by atoms with Crippen LogP contribution in [0.3, 0.4) is 0 Å². The van der Waals surface area contributed by atoms with Crippen molar-refractivity contribution in [2.45, 2.75) is 26.2 Å². The summed E-state index contributed by atoms with van der Waals surface area (Å²) in [6.45, 7) is 3.12. The zero-order valence-corrected chi connectivity index (χ0v) is 17.2. The molecule has 2 fully saturated rings. The Balaban J connectivity index is 1.82. The van der Waals surface area contributed by atoms with Crippen molar-refractivity contribution in [1.82, 2.24) is 9.88 Å². The molecular weight excluding hydrogens is 388 g/mol. The third-order valence-electron chi connectivity index (χ3n) is 5.11. The summed E-state index contributed by atoms with van der Waals surface area (Å²) in [7, 11) is 1.63. The van der Waals surface area contributed by atoms with Crippen molar-refractivity contribution in [3.05, 3.63) is 34.7 Å². The molecule has 0 unspecified atom stereocenters. The Morgan fingerprint density at radius 1 is 1.24 bits per heavy atom. The molecule has 1 aromatic carbocycles. The van der Waals surface area contributed by atoms with Crippen LogP contribution in [0.25, 0.3) is 17.0 Å². The fraction of sp³-hybridized carbons (Fsp3) is 0.333. The number of amidine groups is 1. The maximum Gasteiger partial charge on any atom is 0.273 e. The van der Waals surface area contributed by atoms with Crippen molar-refractivity contribution in [2.24, 2.45) is 0 Å². The van der Waals surface area contributed by atoms with Gasteiger partial charge in [0.15, 0.2) is 5.17 Å². The topological polar surface area (TPSA) is 86.6 Å². The first-order chi connectivity index (χ1) is 14.0. The number of rotatable bonds is 3. The van der Waals surface area contributed by atoms with Gasteiger partial charge >= 0.3 is 0 Å². The maximum atomic E-state index is 12.6. The Bertz CT molecular complexity index is 1040. The van der Waals surface area contributed by atoms with Gasteiger partial charge < -0.3 is 9.64 Å². The number of piperidine rings is 1. The molecular formula is C21H22N4O3S. The van der Waals surface area contributed by atoms with Gasteiger partial charge in [-0.05, 0) is 55.3 Å². The molecule has 2 saturated heterocycles. The zero-order chi connectivity index (χ0) is 20.5. The average molecular weight is 410 g/mol. The molecule has 1 N–H and O–H groups in total. The van der Waals surface area contributed by atoms with Crippen LogP contribution in [0.15, 0.2) is 29.2 Å². The predicted molar refractivity (Wildman–Crippen MR) is 115 cm³/mol. The zero-order valence-electron chi connectivity index (χ0n) is 16.4. The van der Waals surface area contributed by atoms with Gasteiger partial charge in [-0.1, -0.05) is 0 Å². The summed E-state index contributed by atoms with van der Waals surface area (Å²) < 4.78 is 5.33. The highest BCUT2D eigenvalue weighted by atomic mass is 32.2. The van der Waals surface area contributed by atoms with E-state index in [1.807, 2.05) is 24.3 Å². The number of nitrogens with zero attached hydrogens (tertiary/aromatic N) is 3. The van der Waals surface area contributed by atoms with Crippen LogP contribution in [0.4, 0.5) is 5.82 Å². The minimum absolute atomic E-state index is 0.0632. The molecule has 3 heterocycles. The maximum absolute atomic E-state index is 12.6. The number of hydrogen-bond donors (Lipinski definition) is 1. The van der Waals surface area contributed by atoms with Gasteiger partial charge in [-0.25, -0.2) is 9.88 Å². The highest BCUT2D eigenvalue weighted by Crippen LogP contribution is 2.35. The second kappa shape index (κ2) is 7.87. The van der Waals surface area contributed by atoms with Gasteiger partial charge in [0, 0.05) is 37.0 Å². The van der Waals surface area contributed by atoms with Gasteiger partial charge in [0.1, 0.15) is 11.6 Å². The van der Waals surface area contributed by atoms with Gasteiger partial charge in [-0.15, -0.1) is 0 Å². The van der Waals surface area contributed by atoms with Crippen molar-refractivity contribution in [1.29, 1.82) is 5.41 Å². The number of amides is 2. The lowest BCUT2D eigenvalue weighted by molar-refractivity contribution is -0.135. The van der Waals surface area contributed by atoms with E-state index in [1.165, 1.54) is 13.3 Å². The van der Waals surface area contributed by atoms with Crippen LogP contribution in [0, 0.1) is 5.41 Å². The summed E-state index contributed by atoms with van der Waals surface area (Å²) in [5, 5.41) is 8.83. The number of imide groups is 1. The number of anilines is 1. The molecule has 2 aliphatic heterocycles. The fourth-order valence-electron chi connectivity index (χ4n) is 3.66. The summed E-state index contributed by atoms with van der Waals surface area (Å²) in [4.78, 5) is 32.7. The van der Waals surface area contributed by atoms with Crippen molar-refractivity contribution in [2.75, 3.05) is 25.1 Å². The minimum Gasteiger partial charge on any atom is -0.497 e. The number of hydrogen-bond acceptors (Lipinski definition) is 7. The second-order valence-corrected chi connectivity index (χ2v) is 8.11. The molecule has 8 heteroatoms. The molecule has 2 aliphatic rings. The third kappa shape index (κ3) is 3.72. The van der Waals surface area contributed by atoms with E-state index in [9.17, 15) is 9.59 Å². The Kier molecular flexibility index (Phi) is 5.27. The van der Waals surface area contributed by atoms with Crippen LogP contribution in [-0.4, -0.2) is 47.1 Å². The van der Waals surface area contributed by atoms with Crippen molar-refractivity contribution >= 4 is 51.5 Å². The fourth-order valence-corrected chi connectivity index (χ4v) is 4.54. The van der Waals surface area contributed by atoms with E-state index in [1.54, 1.807) is 13.2 Å². The Labute approximate surface area is 173 Å². The number of benzene rings is 1. The molecule has 0 spiro atoms. The first-order valence-electron chi connectivity index (χ1n) is 9.55. The summed E-state index contributed by atoms with van der Waals surface area (Å²) in [5.41, 5.74) is 1.65. The van der Waals surface area contributed by atoms with E-state index in [4.69, 9.17) is 15.1 Å². The number of fused-ring (bicyclic) bond motifs is 1. The van der Waals surface area contributed by atoms with Crippen LogP contribution in [-0.2, 0) is 9.59 Å². The largest absolute Gasteiger partial charge is 0.497 e. The number of ether oxygens (including phenoxy) is 1. The number of nitrogens with one attached hydrogen (secondary N) is 1. The highest BCUT2D eigenvalue weighted by molar-refractivity contribution is 8.18. The van der Waals surface area contributed by atoms with Crippen LogP contribution in [0.5, 0.6) is 5.75 Å². The highest BCUT2D eigenvalue weighted by Gasteiger charge is 2.35. The van der Waals surface area contributed by atoms with Gasteiger partial charge in [0.25, 0.3) is 5.91 Å². The van der Waals surface area contributed by atoms with Crippen molar-refractivity contribution < 1.29 is 14.3 Å². The molecule has 0 bridgehead atoms. The molecule has 0 aliphatic carbocycles. The Morgan fingerprint density at radius 3 is 2.66 bits per heavy atom. The predicted octanol–water partition coefficient (Wildman–Crippen LogP) is 3.63. The Hall–Kier alpha value is -2.87. The lowest BCUT2D eigenvalue weighted by Gasteiger charge is -2.29. The van der Waals surface area contributed by atoms with Crippen LogP contribution >= 0.6 is 11.8 Å². The summed E-state index contributed by atoms with van der Waals surface area (Å²) in [6, 6.07) is 7.73. The second-order valence-electron chi connectivity index (χ2n) is 7.08. The number of carbonyl (C=O) groups excluding carboxylic acids is 2. The van der Waals surface area contributed by atoms with Crippen molar-refractivity contribution in [3.63, 3.8) is 0 Å². The summed E-state index contributed by atoms with van der Waals surface area (Å²) in [6.07, 6.45) is 5.16. The quantitative estimate of drug-likeness (QED) is 0.778. The van der Waals surface area contributed by atoms with E-state index in [0.717, 1.165) is 70.6 Å². The molecule has 0 radical (unpaired) electrons. The van der Waals surface area contributed by atoms with Crippen LogP contribution in [0.1, 0.15) is 31.7 Å². The molecule has 2 aromatic rings. The van der Waals surface area contributed by atoms with E-state index >= 15 is 0 Å². The van der Waals surface area contributed by atoms with Gasteiger partial charge in [0.05, 0.1) is 17.5 Å². The lowest BCUT2D eigenvalue weighted by atomic mass is 10.1. The molecule has 2 amide bonds. The van der Waals surface area contributed by atoms with E-state index < -0.39 is 11.8 Å². The smallest absolute Gasteiger partial charge is 0.273 e. The molecule has 150 valence electrons. The molecule has 1 aromatic heterocycles. The van der Waals surface area contributed by atoms with E-state index in [2.05, 4.69) is 4.90 Å². The molecule has 7 nitrogen and oxygen atoms in total. The van der Waals surface area contributed by atoms with E-state index in [0.29, 0.717) is 4.91 Å². The standard InChI is InChI=1S/C21H22N4O3S/c1-13(26)25-20(27)18(29-21(25)22)11-15-10-14-6-7-16(28-2)12-17(14)23-19(15)24-8-4-3-5-9-24/h6-7,10-12,22H,3-5,8-9H2,1-2H3. The van der Waals surface area contributed by atoms with Gasteiger partial charge in [-0.2, -0.15) is 0 Å². The summed E-state index contributed by atoms with van der Waals surface area (Å²) in [5.74, 6) is 0.662. The monoisotopic (exact) mass is 410 g/mol. The van der Waals surface area contributed by atoms with Crippen molar-refractivity contribution in [3.8, 4) is 5.75 Å². The van der Waals surface area contributed by atoms with Crippen LogP contribution < -0.4 is 9.64 Å².